The summed E-state index contributed by atoms with van der Waals surface area (Å²) in [5.41, 5.74) is 0. The number of carbonyl (C=O) groups is 1. The van der Waals surface area contributed by atoms with Crippen molar-refractivity contribution in [3.8, 4) is 0 Å². The van der Waals surface area contributed by atoms with E-state index >= 15 is 0 Å². The van der Waals surface area contributed by atoms with Crippen LogP contribution in [0.1, 0.15) is 12.8 Å². The standard InChI is InChI=1S/C14H22N6O/c1-18(2)12-5-6-15-13(17-12)19-8-3-4-11(10-19)20-9-7-16-14(20)21/h5-6,11H,3-4,7-10H2,1-2H3,(H,16,21). The second-order valence-electron chi connectivity index (χ2n) is 5.78. The first-order valence-corrected chi connectivity index (χ1v) is 7.45. The number of aromatic nitrogens is 2. The average Bonchev–Trinajstić information content (AvgIpc) is 2.94. The van der Waals surface area contributed by atoms with Crippen molar-refractivity contribution in [2.24, 2.45) is 0 Å². The van der Waals surface area contributed by atoms with Gasteiger partial charge in [0.1, 0.15) is 5.82 Å². The molecule has 1 atom stereocenters. The summed E-state index contributed by atoms with van der Waals surface area (Å²) in [7, 11) is 3.94. The third-order valence-corrected chi connectivity index (χ3v) is 4.10. The smallest absolute Gasteiger partial charge is 0.317 e. The molecule has 3 heterocycles. The molecular weight excluding hydrogens is 268 g/mol. The fraction of sp³-hybridized carbons (Fsp3) is 0.643. The molecule has 0 radical (unpaired) electrons. The van der Waals surface area contributed by atoms with Crippen LogP contribution in [0.5, 0.6) is 0 Å². The van der Waals surface area contributed by atoms with Crippen LogP contribution in [-0.4, -0.2) is 67.2 Å². The van der Waals surface area contributed by atoms with Crippen LogP contribution in [0.4, 0.5) is 16.6 Å². The van der Waals surface area contributed by atoms with Crippen LogP contribution in [0.2, 0.25) is 0 Å². The normalized spacial score (nSPS) is 22.4. The van der Waals surface area contributed by atoms with Crippen LogP contribution in [0.3, 0.4) is 0 Å². The molecule has 1 aromatic heterocycles. The first kappa shape index (κ1) is 13.9. The predicted molar refractivity (Wildman–Crippen MR) is 81.7 cm³/mol. The summed E-state index contributed by atoms with van der Waals surface area (Å²) in [4.78, 5) is 26.9. The van der Waals surface area contributed by atoms with Crippen LogP contribution in [-0.2, 0) is 0 Å². The number of anilines is 2. The minimum absolute atomic E-state index is 0.0600. The Kier molecular flexibility index (Phi) is 3.81. The predicted octanol–water partition coefficient (Wildman–Crippen LogP) is 0.537. The fourth-order valence-electron chi connectivity index (χ4n) is 2.97. The van der Waals surface area contributed by atoms with Crippen LogP contribution in [0, 0.1) is 0 Å². The number of hydrogen-bond donors (Lipinski definition) is 1. The SMILES string of the molecule is CN(C)c1ccnc(N2CCCC(N3CCNC3=O)C2)n1. The van der Waals surface area contributed by atoms with E-state index in [1.165, 1.54) is 0 Å². The van der Waals surface area contributed by atoms with Crippen molar-refractivity contribution in [3.05, 3.63) is 12.3 Å². The number of nitrogens with zero attached hydrogens (tertiary/aromatic N) is 5. The van der Waals surface area contributed by atoms with Gasteiger partial charge in [0.2, 0.25) is 5.95 Å². The number of carbonyl (C=O) groups excluding carboxylic acids is 1. The Morgan fingerprint density at radius 2 is 2.24 bits per heavy atom. The lowest BCUT2D eigenvalue weighted by Gasteiger charge is -2.37. The quantitative estimate of drug-likeness (QED) is 0.880. The summed E-state index contributed by atoms with van der Waals surface area (Å²) < 4.78 is 0. The highest BCUT2D eigenvalue weighted by molar-refractivity contribution is 5.76. The van der Waals surface area contributed by atoms with E-state index in [2.05, 4.69) is 20.2 Å². The van der Waals surface area contributed by atoms with E-state index in [0.29, 0.717) is 0 Å². The fourth-order valence-corrected chi connectivity index (χ4v) is 2.97. The number of amides is 2. The van der Waals surface area contributed by atoms with E-state index in [9.17, 15) is 4.79 Å². The first-order valence-electron chi connectivity index (χ1n) is 7.45. The Balaban J connectivity index is 1.73. The van der Waals surface area contributed by atoms with E-state index in [1.54, 1.807) is 6.20 Å². The summed E-state index contributed by atoms with van der Waals surface area (Å²) in [5.74, 6) is 1.66. The molecule has 3 rings (SSSR count). The van der Waals surface area contributed by atoms with Crippen molar-refractivity contribution in [2.75, 3.05) is 50.1 Å². The molecule has 2 fully saturated rings. The maximum atomic E-state index is 11.8. The molecule has 2 saturated heterocycles. The highest BCUT2D eigenvalue weighted by atomic mass is 16.2. The van der Waals surface area contributed by atoms with Gasteiger partial charge in [-0.2, -0.15) is 4.98 Å². The van der Waals surface area contributed by atoms with Gasteiger partial charge in [-0.15, -0.1) is 0 Å². The number of hydrogen-bond acceptors (Lipinski definition) is 5. The van der Waals surface area contributed by atoms with Gasteiger partial charge in [-0.1, -0.05) is 0 Å². The average molecular weight is 290 g/mol. The summed E-state index contributed by atoms with van der Waals surface area (Å²) in [6.45, 7) is 3.31. The van der Waals surface area contributed by atoms with E-state index in [0.717, 1.165) is 50.8 Å². The Bertz CT molecular complexity index is 520. The summed E-state index contributed by atoms with van der Waals surface area (Å²) in [6.07, 6.45) is 3.91. The Morgan fingerprint density at radius 1 is 1.38 bits per heavy atom. The molecule has 21 heavy (non-hydrogen) atoms. The highest BCUT2D eigenvalue weighted by Crippen LogP contribution is 2.22. The lowest BCUT2D eigenvalue weighted by molar-refractivity contribution is 0.189. The zero-order valence-corrected chi connectivity index (χ0v) is 12.6. The molecule has 1 unspecified atom stereocenters. The molecule has 2 amide bonds. The number of urea groups is 1. The van der Waals surface area contributed by atoms with Crippen molar-refractivity contribution in [3.63, 3.8) is 0 Å². The van der Waals surface area contributed by atoms with Crippen LogP contribution in [0.25, 0.3) is 0 Å². The van der Waals surface area contributed by atoms with Gasteiger partial charge in [0.25, 0.3) is 0 Å². The zero-order chi connectivity index (χ0) is 14.8. The monoisotopic (exact) mass is 290 g/mol. The lowest BCUT2D eigenvalue weighted by atomic mass is 10.0. The number of piperidine rings is 1. The zero-order valence-electron chi connectivity index (χ0n) is 12.6. The molecule has 1 N–H and O–H groups in total. The summed E-state index contributed by atoms with van der Waals surface area (Å²) in [5, 5.41) is 2.88. The Morgan fingerprint density at radius 3 is 2.95 bits per heavy atom. The number of nitrogens with one attached hydrogen (secondary N) is 1. The Hall–Kier alpha value is -2.05. The molecule has 7 heteroatoms. The van der Waals surface area contributed by atoms with Crippen molar-refractivity contribution >= 4 is 17.8 Å². The maximum absolute atomic E-state index is 11.8. The lowest BCUT2D eigenvalue weighted by Crippen LogP contribution is -2.49. The van der Waals surface area contributed by atoms with Gasteiger partial charge < -0.3 is 20.0 Å². The number of rotatable bonds is 3. The molecule has 0 bridgehead atoms. The second-order valence-corrected chi connectivity index (χ2v) is 5.78. The highest BCUT2D eigenvalue weighted by Gasteiger charge is 2.32. The third kappa shape index (κ3) is 2.86. The van der Waals surface area contributed by atoms with Crippen molar-refractivity contribution in [1.82, 2.24) is 20.2 Å². The van der Waals surface area contributed by atoms with Crippen molar-refractivity contribution in [1.29, 1.82) is 0 Å². The van der Waals surface area contributed by atoms with Gasteiger partial charge >= 0.3 is 6.03 Å². The molecule has 1 aromatic rings. The van der Waals surface area contributed by atoms with E-state index in [4.69, 9.17) is 0 Å². The molecule has 0 spiro atoms. The molecule has 114 valence electrons. The topological polar surface area (TPSA) is 64.6 Å². The molecule has 0 saturated carbocycles. The maximum Gasteiger partial charge on any atom is 0.317 e. The van der Waals surface area contributed by atoms with Gasteiger partial charge in [0.05, 0.1) is 6.04 Å². The minimum atomic E-state index is 0.0600. The molecular formula is C14H22N6O. The van der Waals surface area contributed by atoms with E-state index < -0.39 is 0 Å². The second kappa shape index (κ2) is 5.75. The largest absolute Gasteiger partial charge is 0.363 e. The van der Waals surface area contributed by atoms with Gasteiger partial charge in [-0.25, -0.2) is 9.78 Å². The summed E-state index contributed by atoms with van der Waals surface area (Å²) >= 11 is 0. The molecule has 2 aliphatic rings. The first-order chi connectivity index (χ1) is 10.1. The van der Waals surface area contributed by atoms with Gasteiger partial charge in [0, 0.05) is 46.5 Å². The van der Waals surface area contributed by atoms with Gasteiger partial charge in [0.15, 0.2) is 0 Å². The van der Waals surface area contributed by atoms with Gasteiger partial charge in [-0.3, -0.25) is 0 Å². The van der Waals surface area contributed by atoms with E-state index in [1.807, 2.05) is 30.0 Å². The van der Waals surface area contributed by atoms with Crippen molar-refractivity contribution in [2.45, 2.75) is 18.9 Å². The minimum Gasteiger partial charge on any atom is -0.363 e. The van der Waals surface area contributed by atoms with E-state index in [-0.39, 0.29) is 12.1 Å². The van der Waals surface area contributed by atoms with Gasteiger partial charge in [-0.05, 0) is 18.9 Å². The molecule has 0 aliphatic carbocycles. The molecule has 2 aliphatic heterocycles. The van der Waals surface area contributed by atoms with Crippen molar-refractivity contribution < 1.29 is 4.79 Å². The molecule has 0 aromatic carbocycles. The van der Waals surface area contributed by atoms with Crippen LogP contribution < -0.4 is 15.1 Å². The summed E-state index contributed by atoms with van der Waals surface area (Å²) in [6, 6.07) is 2.22. The third-order valence-electron chi connectivity index (χ3n) is 4.10. The molecule has 7 nitrogen and oxygen atoms in total. The Labute approximate surface area is 124 Å². The van der Waals surface area contributed by atoms with Crippen LogP contribution >= 0.6 is 0 Å². The van der Waals surface area contributed by atoms with Crippen LogP contribution in [0.15, 0.2) is 12.3 Å².